The van der Waals surface area contributed by atoms with E-state index < -0.39 is 11.9 Å². The van der Waals surface area contributed by atoms with Crippen molar-refractivity contribution in [3.63, 3.8) is 0 Å². The molecule has 0 aliphatic rings. The van der Waals surface area contributed by atoms with E-state index >= 15 is 0 Å². The van der Waals surface area contributed by atoms with Crippen LogP contribution >= 0.6 is 11.3 Å². The predicted octanol–water partition coefficient (Wildman–Crippen LogP) is 3.71. The summed E-state index contributed by atoms with van der Waals surface area (Å²) in [5.41, 5.74) is 1.77. The predicted molar refractivity (Wildman–Crippen MR) is 127 cm³/mol. The van der Waals surface area contributed by atoms with Gasteiger partial charge >= 0.3 is 5.97 Å². The summed E-state index contributed by atoms with van der Waals surface area (Å²) in [4.78, 5) is 29.0. The molecule has 0 radical (unpaired) electrons. The number of aromatic nitrogens is 1. The van der Waals surface area contributed by atoms with Crippen molar-refractivity contribution in [1.82, 2.24) is 10.3 Å². The molecule has 0 unspecified atom stereocenters. The first-order valence-electron chi connectivity index (χ1n) is 10.4. The van der Waals surface area contributed by atoms with Gasteiger partial charge in [-0.05, 0) is 37.3 Å². The highest BCUT2D eigenvalue weighted by molar-refractivity contribution is 7.13. The maximum atomic E-state index is 12.4. The van der Waals surface area contributed by atoms with Gasteiger partial charge in [0.2, 0.25) is 0 Å². The summed E-state index contributed by atoms with van der Waals surface area (Å²) in [5.74, 6) is 1.18. The Balaban J connectivity index is 1.54. The molecule has 3 aromatic rings. The fourth-order valence-electron chi connectivity index (χ4n) is 2.98. The number of hydrogen-bond acceptors (Lipinski definition) is 9. The number of benzene rings is 2. The minimum Gasteiger partial charge on any atom is -0.497 e. The Bertz CT molecular complexity index is 1120. The molecule has 0 saturated heterocycles. The molecule has 0 saturated carbocycles. The van der Waals surface area contributed by atoms with Crippen LogP contribution in [0.2, 0.25) is 0 Å². The monoisotopic (exact) mass is 486 g/mol. The third-order valence-corrected chi connectivity index (χ3v) is 5.59. The quantitative estimate of drug-likeness (QED) is 0.409. The lowest BCUT2D eigenvalue weighted by molar-refractivity contribution is -0.143. The van der Waals surface area contributed by atoms with E-state index in [0.29, 0.717) is 40.9 Å². The minimum atomic E-state index is -0.583. The van der Waals surface area contributed by atoms with Crippen LogP contribution in [0.4, 0.5) is 0 Å². The fourth-order valence-corrected chi connectivity index (χ4v) is 3.78. The van der Waals surface area contributed by atoms with Crippen LogP contribution in [0.25, 0.3) is 10.6 Å². The molecule has 2 aromatic carbocycles. The molecule has 1 heterocycles. The zero-order chi connectivity index (χ0) is 24.5. The number of methoxy groups -OCH3 is 3. The van der Waals surface area contributed by atoms with E-state index in [9.17, 15) is 9.59 Å². The molecule has 10 heteroatoms. The van der Waals surface area contributed by atoms with Crippen molar-refractivity contribution in [1.29, 1.82) is 0 Å². The Morgan fingerprint density at radius 1 is 0.971 bits per heavy atom. The smallest absolute Gasteiger partial charge is 0.325 e. The largest absolute Gasteiger partial charge is 0.497 e. The number of rotatable bonds is 11. The van der Waals surface area contributed by atoms with Gasteiger partial charge in [-0.1, -0.05) is 0 Å². The van der Waals surface area contributed by atoms with Gasteiger partial charge in [-0.3, -0.25) is 9.59 Å². The zero-order valence-corrected chi connectivity index (χ0v) is 20.2. The maximum absolute atomic E-state index is 12.4. The van der Waals surface area contributed by atoms with Crippen molar-refractivity contribution in [3.8, 4) is 33.6 Å². The third-order valence-electron chi connectivity index (χ3n) is 4.65. The molecule has 9 nitrogen and oxygen atoms in total. The molecule has 0 spiro atoms. The first-order valence-corrected chi connectivity index (χ1v) is 11.3. The molecule has 1 N–H and O–H groups in total. The normalized spacial score (nSPS) is 10.4. The Hall–Kier alpha value is -3.79. The van der Waals surface area contributed by atoms with Crippen LogP contribution in [0.1, 0.15) is 23.0 Å². The van der Waals surface area contributed by atoms with Gasteiger partial charge in [0.15, 0.2) is 11.5 Å². The molecule has 0 aliphatic carbocycles. The molecule has 3 rings (SSSR count). The van der Waals surface area contributed by atoms with Gasteiger partial charge in [0.05, 0.1) is 33.6 Å². The van der Waals surface area contributed by atoms with Gasteiger partial charge in [0.25, 0.3) is 5.91 Å². The topological polar surface area (TPSA) is 105 Å². The third kappa shape index (κ3) is 6.38. The molecule has 0 fully saturated rings. The Labute approximate surface area is 201 Å². The van der Waals surface area contributed by atoms with E-state index in [1.54, 1.807) is 25.3 Å². The highest BCUT2D eigenvalue weighted by Gasteiger charge is 2.14. The number of amides is 1. The van der Waals surface area contributed by atoms with Crippen LogP contribution in [-0.4, -0.2) is 51.3 Å². The number of thiazole rings is 1. The first kappa shape index (κ1) is 24.8. The number of ether oxygens (including phenoxy) is 5. The summed E-state index contributed by atoms with van der Waals surface area (Å²) < 4.78 is 26.5. The highest BCUT2D eigenvalue weighted by Crippen LogP contribution is 2.34. The van der Waals surface area contributed by atoms with Crippen molar-refractivity contribution >= 4 is 23.2 Å². The number of carbonyl (C=O) groups is 2. The van der Waals surface area contributed by atoms with E-state index in [1.807, 2.05) is 30.5 Å². The Morgan fingerprint density at radius 3 is 2.35 bits per heavy atom. The van der Waals surface area contributed by atoms with E-state index in [0.717, 1.165) is 10.6 Å². The zero-order valence-electron chi connectivity index (χ0n) is 19.4. The first-order chi connectivity index (χ1) is 16.5. The summed E-state index contributed by atoms with van der Waals surface area (Å²) in [7, 11) is 4.56. The number of esters is 1. The lowest BCUT2D eigenvalue weighted by atomic mass is 10.2. The van der Waals surface area contributed by atoms with Gasteiger partial charge in [0, 0.05) is 22.6 Å². The van der Waals surface area contributed by atoms with Crippen molar-refractivity contribution in [2.75, 3.05) is 34.5 Å². The van der Waals surface area contributed by atoms with Gasteiger partial charge in [-0.2, -0.15) is 0 Å². The van der Waals surface area contributed by atoms with Crippen LogP contribution in [0, 0.1) is 0 Å². The summed E-state index contributed by atoms with van der Waals surface area (Å²) in [6, 6.07) is 10.3. The van der Waals surface area contributed by atoms with E-state index in [4.69, 9.17) is 23.7 Å². The van der Waals surface area contributed by atoms with Crippen molar-refractivity contribution in [2.24, 2.45) is 0 Å². The molecular formula is C24H26N2O7S. The summed E-state index contributed by atoms with van der Waals surface area (Å²) in [5, 5.41) is 5.10. The molecular weight excluding hydrogens is 460 g/mol. The Morgan fingerprint density at radius 2 is 1.71 bits per heavy atom. The summed E-state index contributed by atoms with van der Waals surface area (Å²) in [6.45, 7) is 2.15. The van der Waals surface area contributed by atoms with Crippen molar-refractivity contribution < 1.29 is 33.3 Å². The SMILES string of the molecule is CCOc1ccc(-c2nc(COC(=O)CNC(=O)c3cc(OC)cc(OC)c3)cs2)cc1OC. The van der Waals surface area contributed by atoms with Crippen LogP contribution < -0.4 is 24.3 Å². The van der Waals surface area contributed by atoms with Crippen molar-refractivity contribution in [2.45, 2.75) is 13.5 Å². The van der Waals surface area contributed by atoms with Crippen LogP contribution in [0.5, 0.6) is 23.0 Å². The van der Waals surface area contributed by atoms with Gasteiger partial charge in [0.1, 0.15) is 29.7 Å². The molecule has 0 aliphatic heterocycles. The van der Waals surface area contributed by atoms with Gasteiger partial charge in [-0.15, -0.1) is 11.3 Å². The van der Waals surface area contributed by atoms with E-state index in [-0.39, 0.29) is 13.2 Å². The lowest BCUT2D eigenvalue weighted by Gasteiger charge is -2.10. The van der Waals surface area contributed by atoms with E-state index in [1.165, 1.54) is 25.6 Å². The van der Waals surface area contributed by atoms with Crippen LogP contribution in [-0.2, 0) is 16.1 Å². The van der Waals surface area contributed by atoms with Crippen LogP contribution in [0.15, 0.2) is 41.8 Å². The number of hydrogen-bond donors (Lipinski definition) is 1. The molecule has 34 heavy (non-hydrogen) atoms. The van der Waals surface area contributed by atoms with Crippen molar-refractivity contribution in [3.05, 3.63) is 53.0 Å². The highest BCUT2D eigenvalue weighted by atomic mass is 32.1. The molecule has 0 atom stereocenters. The standard InChI is InChI=1S/C24H26N2O7S/c1-5-32-20-7-6-15(10-21(20)31-4)24-26-17(14-34-24)13-33-22(27)12-25-23(28)16-8-18(29-2)11-19(9-16)30-3/h6-11,14H,5,12-13H2,1-4H3,(H,25,28). The van der Waals surface area contributed by atoms with Gasteiger partial charge in [-0.25, -0.2) is 4.98 Å². The number of carbonyl (C=O) groups excluding carboxylic acids is 2. The minimum absolute atomic E-state index is 0.00759. The lowest BCUT2D eigenvalue weighted by Crippen LogP contribution is -2.30. The maximum Gasteiger partial charge on any atom is 0.325 e. The number of nitrogens with one attached hydrogen (secondary N) is 1. The van der Waals surface area contributed by atoms with Crippen LogP contribution in [0.3, 0.4) is 0 Å². The summed E-state index contributed by atoms with van der Waals surface area (Å²) >= 11 is 1.42. The average Bonchev–Trinajstić information content (AvgIpc) is 3.35. The molecule has 0 bridgehead atoms. The van der Waals surface area contributed by atoms with Gasteiger partial charge < -0.3 is 29.0 Å². The Kier molecular flexibility index (Phi) is 8.69. The molecule has 180 valence electrons. The molecule has 1 aromatic heterocycles. The average molecular weight is 487 g/mol. The summed E-state index contributed by atoms with van der Waals surface area (Å²) in [6.07, 6.45) is 0. The second kappa shape index (κ2) is 11.9. The second-order valence-corrected chi connectivity index (χ2v) is 7.75. The van der Waals surface area contributed by atoms with E-state index in [2.05, 4.69) is 10.3 Å². The number of nitrogens with zero attached hydrogens (tertiary/aromatic N) is 1. The second-order valence-electron chi connectivity index (χ2n) is 6.89. The fraction of sp³-hybridized carbons (Fsp3) is 0.292. The molecule has 1 amide bonds.